The third-order valence-electron chi connectivity index (χ3n) is 2.59. The first-order chi connectivity index (χ1) is 8.15. The van der Waals surface area contributed by atoms with Gasteiger partial charge in [-0.2, -0.15) is 12.6 Å². The van der Waals surface area contributed by atoms with Crippen LogP contribution in [-0.4, -0.2) is 30.0 Å². The van der Waals surface area contributed by atoms with Crippen LogP contribution < -0.4 is 0 Å². The minimum atomic E-state index is 0.613. The van der Waals surface area contributed by atoms with E-state index in [1.165, 1.54) is 17.7 Å². The predicted octanol–water partition coefficient (Wildman–Crippen LogP) is 4.00. The molecule has 0 heterocycles. The van der Waals surface area contributed by atoms with Crippen molar-refractivity contribution < 1.29 is 8.37 Å². The Morgan fingerprint density at radius 1 is 1.18 bits per heavy atom. The maximum Gasteiger partial charge on any atom is 0.0503 e. The van der Waals surface area contributed by atoms with Crippen molar-refractivity contribution in [3.8, 4) is 0 Å². The van der Waals surface area contributed by atoms with Gasteiger partial charge in [0, 0.05) is 15.7 Å². The Morgan fingerprint density at radius 3 is 2.18 bits per heavy atom. The van der Waals surface area contributed by atoms with Crippen LogP contribution >= 0.6 is 49.3 Å². The lowest BCUT2D eigenvalue weighted by Crippen LogP contribution is -2.26. The lowest BCUT2D eigenvalue weighted by molar-refractivity contribution is 0.453. The largest absolute Gasteiger partial charge is 0.318 e. The summed E-state index contributed by atoms with van der Waals surface area (Å²) in [4.78, 5) is 1.20. The Labute approximate surface area is 124 Å². The summed E-state index contributed by atoms with van der Waals surface area (Å²) in [5, 5.41) is 1.98. The third kappa shape index (κ3) is 6.68. The van der Waals surface area contributed by atoms with Crippen molar-refractivity contribution in [1.29, 1.82) is 0 Å². The van der Waals surface area contributed by atoms with Gasteiger partial charge in [-0.15, -0.1) is 12.6 Å². The normalized spacial score (nSPS) is 31.3. The molecule has 2 nitrogen and oxygen atoms in total. The molecule has 100 valence electrons. The van der Waals surface area contributed by atoms with Crippen LogP contribution in [0.5, 0.6) is 0 Å². The van der Waals surface area contributed by atoms with E-state index < -0.39 is 0 Å². The summed E-state index contributed by atoms with van der Waals surface area (Å²) in [6.45, 7) is 0. The van der Waals surface area contributed by atoms with Crippen molar-refractivity contribution in [1.82, 2.24) is 0 Å². The van der Waals surface area contributed by atoms with E-state index in [1.54, 1.807) is 38.3 Å². The Hall–Kier alpha value is 1.06. The van der Waals surface area contributed by atoms with E-state index in [1.807, 2.05) is 0 Å². The first-order valence-electron chi connectivity index (χ1n) is 5.60. The van der Waals surface area contributed by atoms with Gasteiger partial charge >= 0.3 is 0 Å². The van der Waals surface area contributed by atoms with Gasteiger partial charge in [0.05, 0.1) is 14.2 Å². The highest BCUT2D eigenvalue weighted by Gasteiger charge is 2.26. The second-order valence-electron chi connectivity index (χ2n) is 4.03. The van der Waals surface area contributed by atoms with Crippen LogP contribution in [0.2, 0.25) is 0 Å². The SMILES string of the molecule is COSC1CC(S)C1.COSC1CC=C(S)C1. The van der Waals surface area contributed by atoms with Crippen LogP contribution in [0.1, 0.15) is 25.7 Å². The lowest BCUT2D eigenvalue weighted by atomic mass is 9.99. The molecular formula is C11H20O2S4. The predicted molar refractivity (Wildman–Crippen MR) is 85.1 cm³/mol. The highest BCUT2D eigenvalue weighted by Crippen LogP contribution is 2.34. The molecule has 2 aliphatic carbocycles. The molecule has 0 bridgehead atoms. The van der Waals surface area contributed by atoms with Gasteiger partial charge in [-0.3, -0.25) is 0 Å². The first kappa shape index (κ1) is 16.1. The van der Waals surface area contributed by atoms with E-state index >= 15 is 0 Å². The van der Waals surface area contributed by atoms with Crippen molar-refractivity contribution in [3.05, 3.63) is 11.0 Å². The molecule has 1 fully saturated rings. The third-order valence-corrected chi connectivity index (χ3v) is 5.05. The van der Waals surface area contributed by atoms with Gasteiger partial charge in [0.15, 0.2) is 0 Å². The summed E-state index contributed by atoms with van der Waals surface area (Å²) < 4.78 is 9.80. The van der Waals surface area contributed by atoms with Crippen LogP contribution in [0.25, 0.3) is 0 Å². The topological polar surface area (TPSA) is 18.5 Å². The van der Waals surface area contributed by atoms with Gasteiger partial charge in [-0.05, 0) is 54.7 Å². The summed E-state index contributed by atoms with van der Waals surface area (Å²) >= 11 is 11.6. The van der Waals surface area contributed by atoms with E-state index in [-0.39, 0.29) is 0 Å². The van der Waals surface area contributed by atoms with E-state index in [0.29, 0.717) is 10.5 Å². The fraction of sp³-hybridized carbons (Fsp3) is 0.818. The molecule has 0 aliphatic heterocycles. The lowest BCUT2D eigenvalue weighted by Gasteiger charge is -2.29. The van der Waals surface area contributed by atoms with Crippen LogP contribution in [0, 0.1) is 0 Å². The molecule has 0 aromatic rings. The minimum Gasteiger partial charge on any atom is -0.318 e. The zero-order valence-electron chi connectivity index (χ0n) is 10.2. The zero-order valence-corrected chi connectivity index (χ0v) is 13.6. The van der Waals surface area contributed by atoms with E-state index in [9.17, 15) is 0 Å². The van der Waals surface area contributed by atoms with Crippen LogP contribution in [0.15, 0.2) is 11.0 Å². The van der Waals surface area contributed by atoms with Crippen molar-refractivity contribution in [2.24, 2.45) is 0 Å². The van der Waals surface area contributed by atoms with Crippen LogP contribution in [0.3, 0.4) is 0 Å². The second kappa shape index (κ2) is 9.04. The number of hydrogen-bond acceptors (Lipinski definition) is 6. The fourth-order valence-electron chi connectivity index (χ4n) is 1.63. The van der Waals surface area contributed by atoms with Crippen molar-refractivity contribution in [2.45, 2.75) is 41.4 Å². The van der Waals surface area contributed by atoms with Gasteiger partial charge in [0.25, 0.3) is 0 Å². The van der Waals surface area contributed by atoms with Crippen LogP contribution in [-0.2, 0) is 8.37 Å². The molecular weight excluding hydrogens is 292 g/mol. The quantitative estimate of drug-likeness (QED) is 0.603. The standard InChI is InChI=1S/C6H10OS2.C5H10OS2/c1-7-9-6-3-2-5(8)4-6;1-6-8-5-2-4(7)3-5/h2,6,8H,3-4H2,1H3;4-5,7H,2-3H2,1H3. The monoisotopic (exact) mass is 312 g/mol. The number of thiol groups is 2. The number of allylic oxidation sites excluding steroid dienone is 2. The van der Waals surface area contributed by atoms with E-state index in [4.69, 9.17) is 8.37 Å². The smallest absolute Gasteiger partial charge is 0.0503 e. The molecule has 17 heavy (non-hydrogen) atoms. The van der Waals surface area contributed by atoms with E-state index in [0.717, 1.165) is 18.1 Å². The number of hydrogen-bond donors (Lipinski definition) is 2. The highest BCUT2D eigenvalue weighted by atomic mass is 32.2. The summed E-state index contributed by atoms with van der Waals surface area (Å²) in [5.41, 5.74) is 0. The molecule has 1 saturated carbocycles. The average Bonchev–Trinajstić information content (AvgIpc) is 2.64. The Balaban J connectivity index is 0.000000171. The summed E-state index contributed by atoms with van der Waals surface area (Å²) in [6.07, 6.45) is 6.75. The molecule has 0 spiro atoms. The molecule has 0 aromatic carbocycles. The molecule has 6 heteroatoms. The van der Waals surface area contributed by atoms with Gasteiger partial charge < -0.3 is 8.37 Å². The molecule has 0 saturated heterocycles. The van der Waals surface area contributed by atoms with Gasteiger partial charge in [0.1, 0.15) is 0 Å². The molecule has 1 atom stereocenters. The molecule has 1 unspecified atom stereocenters. The Bertz CT molecular complexity index is 239. The minimum absolute atomic E-state index is 0.613. The summed E-state index contributed by atoms with van der Waals surface area (Å²) in [5.74, 6) is 0. The molecule has 0 radical (unpaired) electrons. The maximum absolute atomic E-state index is 4.92. The second-order valence-corrected chi connectivity index (χ2v) is 7.72. The summed E-state index contributed by atoms with van der Waals surface area (Å²) in [6, 6.07) is 0. The molecule has 0 aromatic heterocycles. The van der Waals surface area contributed by atoms with Crippen LogP contribution in [0.4, 0.5) is 0 Å². The number of rotatable bonds is 4. The molecule has 0 N–H and O–H groups in total. The van der Waals surface area contributed by atoms with Gasteiger partial charge in [0.2, 0.25) is 0 Å². The molecule has 2 rings (SSSR count). The highest BCUT2D eigenvalue weighted by molar-refractivity contribution is 7.95. The van der Waals surface area contributed by atoms with E-state index in [2.05, 4.69) is 31.3 Å². The van der Waals surface area contributed by atoms with Crippen molar-refractivity contribution in [3.63, 3.8) is 0 Å². The zero-order chi connectivity index (χ0) is 12.7. The van der Waals surface area contributed by atoms with Gasteiger partial charge in [-0.25, -0.2) is 0 Å². The summed E-state index contributed by atoms with van der Waals surface area (Å²) in [7, 11) is 3.43. The van der Waals surface area contributed by atoms with Gasteiger partial charge in [-0.1, -0.05) is 6.08 Å². The molecule has 0 amide bonds. The Morgan fingerprint density at radius 2 is 1.76 bits per heavy atom. The fourth-order valence-corrected chi connectivity index (χ4v) is 4.46. The molecule has 2 aliphatic rings. The maximum atomic E-state index is 4.92. The van der Waals surface area contributed by atoms with Crippen molar-refractivity contribution >= 4 is 49.3 Å². The average molecular weight is 313 g/mol. The first-order valence-corrected chi connectivity index (χ1v) is 8.18. The van der Waals surface area contributed by atoms with Crippen molar-refractivity contribution in [2.75, 3.05) is 14.2 Å². The Kier molecular flexibility index (Phi) is 8.57.